The van der Waals surface area contributed by atoms with Crippen LogP contribution in [0.5, 0.6) is 5.75 Å². The van der Waals surface area contributed by atoms with Gasteiger partial charge in [0.25, 0.3) is 0 Å². The van der Waals surface area contributed by atoms with Crippen LogP contribution < -0.4 is 4.74 Å². The van der Waals surface area contributed by atoms with Gasteiger partial charge in [0.15, 0.2) is 0 Å². The maximum Gasteiger partial charge on any atom is 0.119 e. The van der Waals surface area contributed by atoms with Crippen molar-refractivity contribution in [1.29, 1.82) is 0 Å². The molecular formula is C20H22IN3OSi. The quantitative estimate of drug-likeness (QED) is 0.268. The van der Waals surface area contributed by atoms with Crippen molar-refractivity contribution in [3.05, 3.63) is 70.0 Å². The maximum absolute atomic E-state index is 5.61. The summed E-state index contributed by atoms with van der Waals surface area (Å²) in [4.78, 5) is 1.78. The lowest BCUT2D eigenvalue weighted by Gasteiger charge is -2.20. The smallest absolute Gasteiger partial charge is 0.119 e. The first kappa shape index (κ1) is 18.8. The summed E-state index contributed by atoms with van der Waals surface area (Å²) in [6, 6.07) is 16.1. The van der Waals surface area contributed by atoms with Crippen molar-refractivity contribution in [1.82, 2.24) is 15.0 Å². The van der Waals surface area contributed by atoms with Gasteiger partial charge < -0.3 is 4.74 Å². The molecule has 0 radical (unpaired) electrons. The number of benzene rings is 2. The van der Waals surface area contributed by atoms with Gasteiger partial charge in [-0.3, -0.25) is 0 Å². The molecule has 0 aliphatic rings. The van der Waals surface area contributed by atoms with Crippen LogP contribution in [0.4, 0.5) is 0 Å². The second kappa shape index (κ2) is 7.75. The Balaban J connectivity index is 2.11. The molecule has 0 saturated heterocycles. The second-order valence-corrected chi connectivity index (χ2v) is 14.1. The second-order valence-electron chi connectivity index (χ2n) is 7.01. The average molecular weight is 475 g/mol. The summed E-state index contributed by atoms with van der Waals surface area (Å²) in [6.45, 7) is 11.2. The number of aromatic nitrogens is 3. The lowest BCUT2D eigenvalue weighted by Crippen LogP contribution is -2.23. The van der Waals surface area contributed by atoms with E-state index in [1.165, 1.54) is 3.20 Å². The number of nitrogens with zero attached hydrogens (tertiary/aromatic N) is 3. The molecule has 0 bridgehead atoms. The van der Waals surface area contributed by atoms with Gasteiger partial charge in [-0.25, -0.2) is 0 Å². The van der Waals surface area contributed by atoms with E-state index in [1.807, 2.05) is 36.4 Å². The number of rotatable bonds is 6. The molecule has 0 atom stereocenters. The number of halogens is 1. The molecule has 1 aromatic heterocycles. The van der Waals surface area contributed by atoms with Gasteiger partial charge in [-0.05, 0) is 36.4 Å². The fourth-order valence-corrected chi connectivity index (χ4v) is 3.99. The van der Waals surface area contributed by atoms with Crippen LogP contribution in [0.25, 0.3) is 16.7 Å². The molecule has 0 amide bonds. The monoisotopic (exact) mass is 475 g/mol. The molecule has 0 spiro atoms. The summed E-state index contributed by atoms with van der Waals surface area (Å²) < 4.78 is 6.93. The van der Waals surface area contributed by atoms with Crippen LogP contribution in [0.15, 0.2) is 64.4 Å². The molecule has 0 fully saturated rings. The first-order valence-corrected chi connectivity index (χ1v) is 13.0. The van der Waals surface area contributed by atoms with Crippen molar-refractivity contribution in [2.75, 3.05) is 6.61 Å². The Bertz CT molecular complexity index is 922. The predicted molar refractivity (Wildman–Crippen MR) is 119 cm³/mol. The SMILES string of the molecule is C=CCOc1ccc(/C(=C(/I)[Si](C)(C)C)n2nc3ccccc3n2)cc1. The summed E-state index contributed by atoms with van der Waals surface area (Å²) in [6.07, 6.45) is 1.74. The molecule has 6 heteroatoms. The zero-order valence-corrected chi connectivity index (χ0v) is 18.4. The van der Waals surface area contributed by atoms with E-state index in [1.54, 1.807) is 10.9 Å². The van der Waals surface area contributed by atoms with Gasteiger partial charge in [0.05, 0.1) is 13.8 Å². The van der Waals surface area contributed by atoms with Gasteiger partial charge in [-0.2, -0.15) is 0 Å². The van der Waals surface area contributed by atoms with E-state index in [0.717, 1.165) is 28.0 Å². The molecule has 134 valence electrons. The van der Waals surface area contributed by atoms with Gasteiger partial charge >= 0.3 is 0 Å². The van der Waals surface area contributed by atoms with E-state index < -0.39 is 8.07 Å². The third kappa shape index (κ3) is 4.07. The fraction of sp³-hybridized carbons (Fsp3) is 0.200. The number of hydrogen-bond acceptors (Lipinski definition) is 3. The largest absolute Gasteiger partial charge is 0.490 e. The molecule has 0 N–H and O–H groups in total. The minimum absolute atomic E-state index is 0.501. The average Bonchev–Trinajstić information content (AvgIpc) is 3.04. The van der Waals surface area contributed by atoms with Crippen molar-refractivity contribution < 1.29 is 4.74 Å². The van der Waals surface area contributed by atoms with Crippen molar-refractivity contribution in [2.24, 2.45) is 0 Å². The first-order valence-electron chi connectivity index (χ1n) is 8.47. The van der Waals surface area contributed by atoms with E-state index in [0.29, 0.717) is 6.61 Å². The highest BCUT2D eigenvalue weighted by atomic mass is 127. The molecular weight excluding hydrogens is 453 g/mol. The van der Waals surface area contributed by atoms with Crippen molar-refractivity contribution in [2.45, 2.75) is 19.6 Å². The summed E-state index contributed by atoms with van der Waals surface area (Å²) in [7, 11) is -1.55. The summed E-state index contributed by atoms with van der Waals surface area (Å²) in [5.41, 5.74) is 3.94. The summed E-state index contributed by atoms with van der Waals surface area (Å²) in [5.74, 6) is 0.828. The van der Waals surface area contributed by atoms with Crippen molar-refractivity contribution in [3.8, 4) is 5.75 Å². The maximum atomic E-state index is 5.61. The Morgan fingerprint density at radius 1 is 1.08 bits per heavy atom. The fourth-order valence-electron chi connectivity index (χ4n) is 2.51. The molecule has 0 unspecified atom stereocenters. The van der Waals surface area contributed by atoms with Gasteiger partial charge in [0, 0.05) is 8.77 Å². The van der Waals surface area contributed by atoms with Crippen LogP contribution in [-0.2, 0) is 0 Å². The van der Waals surface area contributed by atoms with E-state index in [9.17, 15) is 0 Å². The van der Waals surface area contributed by atoms with Crippen LogP contribution >= 0.6 is 22.6 Å². The molecule has 0 saturated carbocycles. The van der Waals surface area contributed by atoms with E-state index in [4.69, 9.17) is 14.9 Å². The molecule has 0 aliphatic heterocycles. The number of hydrogen-bond donors (Lipinski definition) is 0. The molecule has 26 heavy (non-hydrogen) atoms. The van der Waals surface area contributed by atoms with E-state index in [2.05, 4.69) is 60.9 Å². The Morgan fingerprint density at radius 2 is 1.65 bits per heavy atom. The van der Waals surface area contributed by atoms with E-state index >= 15 is 0 Å². The standard InChI is InChI=1S/C20H22IN3OSi/c1-5-14-25-16-12-10-15(11-13-16)19(20(21)26(2,3)4)24-22-17-8-6-7-9-18(17)23-24/h5-13H,1,14H2,2-4H3/b20-19+. The lowest BCUT2D eigenvalue weighted by atomic mass is 10.2. The van der Waals surface area contributed by atoms with Gasteiger partial charge in [-0.1, -0.05) is 67.0 Å². The summed E-state index contributed by atoms with van der Waals surface area (Å²) in [5, 5.41) is 9.43. The highest BCUT2D eigenvalue weighted by Crippen LogP contribution is 2.32. The minimum atomic E-state index is -1.55. The predicted octanol–water partition coefficient (Wildman–Crippen LogP) is 5.53. The van der Waals surface area contributed by atoms with Crippen molar-refractivity contribution in [3.63, 3.8) is 0 Å². The Morgan fingerprint density at radius 3 is 2.15 bits per heavy atom. The Labute approximate surface area is 168 Å². The summed E-state index contributed by atoms with van der Waals surface area (Å²) >= 11 is 2.47. The van der Waals surface area contributed by atoms with Crippen LogP contribution in [0.3, 0.4) is 0 Å². The third-order valence-electron chi connectivity index (χ3n) is 3.85. The number of fused-ring (bicyclic) bond motifs is 1. The van der Waals surface area contributed by atoms with Gasteiger partial charge in [0.2, 0.25) is 0 Å². The zero-order chi connectivity index (χ0) is 18.7. The minimum Gasteiger partial charge on any atom is -0.490 e. The van der Waals surface area contributed by atoms with Crippen LogP contribution in [-0.4, -0.2) is 29.7 Å². The topological polar surface area (TPSA) is 39.9 Å². The van der Waals surface area contributed by atoms with Gasteiger partial charge in [-0.15, -0.1) is 15.0 Å². The molecule has 3 rings (SSSR count). The highest BCUT2D eigenvalue weighted by molar-refractivity contribution is 14.1. The van der Waals surface area contributed by atoms with Crippen LogP contribution in [0, 0.1) is 0 Å². The third-order valence-corrected chi connectivity index (χ3v) is 10.8. The number of ether oxygens (including phenoxy) is 1. The van der Waals surface area contributed by atoms with Gasteiger partial charge in [0.1, 0.15) is 23.4 Å². The molecule has 2 aromatic carbocycles. The van der Waals surface area contributed by atoms with E-state index in [-0.39, 0.29) is 0 Å². The molecule has 4 nitrogen and oxygen atoms in total. The highest BCUT2D eigenvalue weighted by Gasteiger charge is 2.24. The van der Waals surface area contributed by atoms with Crippen LogP contribution in [0.1, 0.15) is 5.56 Å². The molecule has 1 heterocycles. The first-order chi connectivity index (χ1) is 12.4. The normalized spacial score (nSPS) is 12.8. The Hall–Kier alpha value is -1.93. The van der Waals surface area contributed by atoms with Crippen LogP contribution in [0.2, 0.25) is 19.6 Å². The zero-order valence-electron chi connectivity index (χ0n) is 15.2. The van der Waals surface area contributed by atoms with Crippen molar-refractivity contribution >= 4 is 47.4 Å². The Kier molecular flexibility index (Phi) is 5.62. The lowest BCUT2D eigenvalue weighted by molar-refractivity contribution is 0.363. The molecule has 3 aromatic rings. The molecule has 0 aliphatic carbocycles.